The number of rotatable bonds is 1. The Morgan fingerprint density at radius 3 is 2.50 bits per heavy atom. The van der Waals surface area contributed by atoms with Crippen LogP contribution in [0.2, 0.25) is 0 Å². The van der Waals surface area contributed by atoms with E-state index in [0.29, 0.717) is 0 Å². The molecule has 1 aliphatic heterocycles. The van der Waals surface area contributed by atoms with Crippen LogP contribution in [0, 0.1) is 3.57 Å². The molecule has 1 aromatic rings. The quantitative estimate of drug-likeness (QED) is 0.732. The molecule has 1 aromatic heterocycles. The lowest BCUT2D eigenvalue weighted by atomic mass is 10.3. The second-order valence-corrected chi connectivity index (χ2v) is 4.87. The minimum atomic E-state index is 1.09. The monoisotopic (exact) mass is 303 g/mol. The lowest BCUT2D eigenvalue weighted by Gasteiger charge is -2.33. The Hall–Kier alpha value is -0.360. The molecule has 2 rings (SSSR count). The molecule has 0 saturated carbocycles. The molecule has 0 N–H and O–H groups in total. The van der Waals surface area contributed by atoms with Crippen molar-refractivity contribution in [1.82, 2.24) is 9.88 Å². The van der Waals surface area contributed by atoms with Gasteiger partial charge in [-0.2, -0.15) is 0 Å². The second kappa shape index (κ2) is 4.44. The van der Waals surface area contributed by atoms with Crippen LogP contribution in [0.4, 0.5) is 5.82 Å². The number of nitrogens with zero attached hydrogens (tertiary/aromatic N) is 3. The Morgan fingerprint density at radius 2 is 1.93 bits per heavy atom. The van der Waals surface area contributed by atoms with Gasteiger partial charge in [-0.1, -0.05) is 0 Å². The van der Waals surface area contributed by atoms with E-state index in [4.69, 9.17) is 0 Å². The highest BCUT2D eigenvalue weighted by Crippen LogP contribution is 2.14. The van der Waals surface area contributed by atoms with Crippen LogP contribution in [-0.2, 0) is 0 Å². The third-order valence-electron chi connectivity index (χ3n) is 2.54. The maximum atomic E-state index is 4.43. The number of likely N-dealkylation sites (N-methyl/N-ethyl adjacent to an activating group) is 1. The van der Waals surface area contributed by atoms with Crippen molar-refractivity contribution in [3.63, 3.8) is 0 Å². The smallest absolute Gasteiger partial charge is 0.128 e. The Morgan fingerprint density at radius 1 is 1.21 bits per heavy atom. The molecular weight excluding hydrogens is 289 g/mol. The molecule has 0 unspecified atom stereocenters. The van der Waals surface area contributed by atoms with E-state index in [1.54, 1.807) is 0 Å². The van der Waals surface area contributed by atoms with Crippen molar-refractivity contribution in [2.75, 3.05) is 38.1 Å². The first-order chi connectivity index (χ1) is 6.75. The highest BCUT2D eigenvalue weighted by molar-refractivity contribution is 14.1. The summed E-state index contributed by atoms with van der Waals surface area (Å²) in [5.74, 6) is 1.11. The van der Waals surface area contributed by atoms with Crippen molar-refractivity contribution in [3.8, 4) is 0 Å². The van der Waals surface area contributed by atoms with Crippen molar-refractivity contribution < 1.29 is 0 Å². The van der Waals surface area contributed by atoms with Gasteiger partial charge in [0.05, 0.1) is 0 Å². The van der Waals surface area contributed by atoms with E-state index in [9.17, 15) is 0 Å². The maximum Gasteiger partial charge on any atom is 0.128 e. The van der Waals surface area contributed by atoms with Crippen LogP contribution in [0.5, 0.6) is 0 Å². The molecule has 1 saturated heterocycles. The van der Waals surface area contributed by atoms with Crippen molar-refractivity contribution in [2.24, 2.45) is 0 Å². The molecule has 1 aliphatic rings. The molecule has 0 amide bonds. The van der Waals surface area contributed by atoms with E-state index in [1.807, 2.05) is 6.20 Å². The number of hydrogen-bond donors (Lipinski definition) is 0. The maximum absolute atomic E-state index is 4.43. The van der Waals surface area contributed by atoms with Gasteiger partial charge in [0.2, 0.25) is 0 Å². The van der Waals surface area contributed by atoms with Crippen molar-refractivity contribution in [3.05, 3.63) is 21.9 Å². The van der Waals surface area contributed by atoms with Crippen LogP contribution < -0.4 is 4.90 Å². The summed E-state index contributed by atoms with van der Waals surface area (Å²) in [5.41, 5.74) is 0. The third kappa shape index (κ3) is 2.36. The first-order valence-electron chi connectivity index (χ1n) is 4.81. The zero-order valence-corrected chi connectivity index (χ0v) is 10.4. The average molecular weight is 303 g/mol. The van der Waals surface area contributed by atoms with E-state index in [1.165, 1.54) is 3.57 Å². The van der Waals surface area contributed by atoms with Crippen molar-refractivity contribution in [2.45, 2.75) is 0 Å². The largest absolute Gasteiger partial charge is 0.354 e. The summed E-state index contributed by atoms with van der Waals surface area (Å²) in [5, 5.41) is 0. The summed E-state index contributed by atoms with van der Waals surface area (Å²) in [6.45, 7) is 4.44. The molecule has 0 bridgehead atoms. The summed E-state index contributed by atoms with van der Waals surface area (Å²) in [6, 6.07) is 4.22. The van der Waals surface area contributed by atoms with Crippen LogP contribution in [-0.4, -0.2) is 43.1 Å². The van der Waals surface area contributed by atoms with Gasteiger partial charge in [-0.05, 0) is 41.8 Å². The standard InChI is InChI=1S/C10H14IN3/c1-13-4-6-14(7-5-13)10-3-2-9(11)8-12-10/h2-3,8H,4-7H2,1H3. The molecule has 2 heterocycles. The molecule has 0 aliphatic carbocycles. The first kappa shape index (κ1) is 10.2. The number of aromatic nitrogens is 1. The first-order valence-corrected chi connectivity index (χ1v) is 5.88. The topological polar surface area (TPSA) is 19.4 Å². The van der Waals surface area contributed by atoms with Crippen molar-refractivity contribution >= 4 is 28.4 Å². The van der Waals surface area contributed by atoms with Gasteiger partial charge >= 0.3 is 0 Å². The van der Waals surface area contributed by atoms with Gasteiger partial charge in [0.1, 0.15) is 5.82 Å². The Kier molecular flexibility index (Phi) is 3.22. The van der Waals surface area contributed by atoms with Gasteiger partial charge in [0.25, 0.3) is 0 Å². The van der Waals surface area contributed by atoms with E-state index >= 15 is 0 Å². The predicted octanol–water partition coefficient (Wildman–Crippen LogP) is 1.44. The molecule has 0 aromatic carbocycles. The Bertz CT molecular complexity index is 291. The summed E-state index contributed by atoms with van der Waals surface area (Å²) < 4.78 is 1.19. The molecule has 76 valence electrons. The molecule has 0 spiro atoms. The fraction of sp³-hybridized carbons (Fsp3) is 0.500. The van der Waals surface area contributed by atoms with Gasteiger partial charge in [-0.3, -0.25) is 0 Å². The summed E-state index contributed by atoms with van der Waals surface area (Å²) >= 11 is 2.28. The highest BCUT2D eigenvalue weighted by Gasteiger charge is 2.14. The van der Waals surface area contributed by atoms with Crippen LogP contribution in [0.1, 0.15) is 0 Å². The fourth-order valence-electron chi connectivity index (χ4n) is 1.59. The molecule has 1 fully saturated rings. The summed E-state index contributed by atoms with van der Waals surface area (Å²) in [4.78, 5) is 9.12. The highest BCUT2D eigenvalue weighted by atomic mass is 127. The molecule has 14 heavy (non-hydrogen) atoms. The number of halogens is 1. The lowest BCUT2D eigenvalue weighted by Crippen LogP contribution is -2.44. The average Bonchev–Trinajstić information content (AvgIpc) is 2.21. The van der Waals surface area contributed by atoms with Crippen LogP contribution >= 0.6 is 22.6 Å². The summed E-state index contributed by atoms with van der Waals surface area (Å²) in [7, 11) is 2.17. The van der Waals surface area contributed by atoms with Gasteiger partial charge in [-0.15, -0.1) is 0 Å². The second-order valence-electron chi connectivity index (χ2n) is 3.62. The van der Waals surface area contributed by atoms with E-state index in [2.05, 4.69) is 56.6 Å². The zero-order valence-electron chi connectivity index (χ0n) is 8.28. The summed E-state index contributed by atoms with van der Waals surface area (Å²) in [6.07, 6.45) is 1.92. The Labute approximate surface area is 98.3 Å². The van der Waals surface area contributed by atoms with E-state index < -0.39 is 0 Å². The fourth-order valence-corrected chi connectivity index (χ4v) is 1.91. The van der Waals surface area contributed by atoms with Crippen LogP contribution in [0.3, 0.4) is 0 Å². The molecule has 0 radical (unpaired) electrons. The molecule has 4 heteroatoms. The minimum Gasteiger partial charge on any atom is -0.354 e. The number of hydrogen-bond acceptors (Lipinski definition) is 3. The van der Waals surface area contributed by atoms with Gasteiger partial charge in [0, 0.05) is 35.9 Å². The van der Waals surface area contributed by atoms with E-state index in [0.717, 1.165) is 32.0 Å². The molecule has 0 atom stereocenters. The molecular formula is C10H14IN3. The van der Waals surface area contributed by atoms with Crippen LogP contribution in [0.25, 0.3) is 0 Å². The number of anilines is 1. The normalized spacial score (nSPS) is 18.6. The number of piperazine rings is 1. The number of pyridine rings is 1. The van der Waals surface area contributed by atoms with Gasteiger partial charge in [-0.25, -0.2) is 4.98 Å². The zero-order chi connectivity index (χ0) is 9.97. The third-order valence-corrected chi connectivity index (χ3v) is 3.18. The van der Waals surface area contributed by atoms with Crippen molar-refractivity contribution in [1.29, 1.82) is 0 Å². The minimum absolute atomic E-state index is 1.09. The Balaban J connectivity index is 2.05. The van der Waals surface area contributed by atoms with Gasteiger partial charge < -0.3 is 9.80 Å². The van der Waals surface area contributed by atoms with Crippen LogP contribution in [0.15, 0.2) is 18.3 Å². The van der Waals surface area contributed by atoms with E-state index in [-0.39, 0.29) is 0 Å². The predicted molar refractivity (Wildman–Crippen MR) is 66.7 cm³/mol. The SMILES string of the molecule is CN1CCN(c2ccc(I)cn2)CC1. The van der Waals surface area contributed by atoms with Gasteiger partial charge in [0.15, 0.2) is 0 Å². The lowest BCUT2D eigenvalue weighted by molar-refractivity contribution is 0.312. The molecule has 3 nitrogen and oxygen atoms in total.